The Kier molecular flexibility index (Phi) is 6.13. The Morgan fingerprint density at radius 1 is 1.00 bits per heavy atom. The van der Waals surface area contributed by atoms with Crippen LogP contribution in [0.5, 0.6) is 0 Å². The van der Waals surface area contributed by atoms with Crippen molar-refractivity contribution in [3.8, 4) is 0 Å². The van der Waals surface area contributed by atoms with E-state index in [2.05, 4.69) is 47.6 Å². The molecular weight excluding hydrogens is 347 g/mol. The van der Waals surface area contributed by atoms with Crippen LogP contribution in [0, 0.1) is 11.7 Å². The third-order valence-electron chi connectivity index (χ3n) is 6.82. The van der Waals surface area contributed by atoms with Gasteiger partial charge in [-0.05, 0) is 87.0 Å². The average Bonchev–Trinajstić information content (AvgIpc) is 3.19. The molecule has 2 aliphatic rings. The fourth-order valence-electron chi connectivity index (χ4n) is 5.07. The molecule has 2 aromatic rings. The van der Waals surface area contributed by atoms with Crippen LogP contribution in [0.2, 0.25) is 0 Å². The summed E-state index contributed by atoms with van der Waals surface area (Å²) in [5.74, 6) is 0.679. The summed E-state index contributed by atoms with van der Waals surface area (Å²) in [4.78, 5) is 2.43. The molecule has 0 atom stereocenters. The highest BCUT2D eigenvalue weighted by atomic mass is 19.1. The van der Waals surface area contributed by atoms with E-state index in [0.717, 1.165) is 30.9 Å². The highest BCUT2D eigenvalue weighted by Crippen LogP contribution is 2.39. The Hall–Kier alpha value is -1.71. The minimum Gasteiger partial charge on any atom is -0.306 e. The van der Waals surface area contributed by atoms with Crippen molar-refractivity contribution in [3.63, 3.8) is 0 Å². The first-order valence-electron chi connectivity index (χ1n) is 10.9. The minimum atomic E-state index is -0.134. The van der Waals surface area contributed by atoms with E-state index in [1.165, 1.54) is 56.3 Å². The van der Waals surface area contributed by atoms with E-state index in [1.807, 2.05) is 6.07 Å². The van der Waals surface area contributed by atoms with Gasteiger partial charge in [0.25, 0.3) is 0 Å². The molecule has 1 aliphatic heterocycles. The van der Waals surface area contributed by atoms with E-state index in [4.69, 9.17) is 0 Å². The van der Waals surface area contributed by atoms with Crippen LogP contribution in [0.4, 0.5) is 4.39 Å². The SMILES string of the molecule is CN1CCC(Cc2cccc(CNC3(c4cccc(F)c4)CCCC3)c2)CC1. The summed E-state index contributed by atoms with van der Waals surface area (Å²) in [6.45, 7) is 3.29. The third-order valence-corrected chi connectivity index (χ3v) is 6.82. The van der Waals surface area contributed by atoms with E-state index < -0.39 is 0 Å². The van der Waals surface area contributed by atoms with Crippen molar-refractivity contribution in [2.75, 3.05) is 20.1 Å². The minimum absolute atomic E-state index is 0.0773. The summed E-state index contributed by atoms with van der Waals surface area (Å²) in [7, 11) is 2.22. The molecule has 0 unspecified atom stereocenters. The van der Waals surface area contributed by atoms with Crippen LogP contribution >= 0.6 is 0 Å². The smallest absolute Gasteiger partial charge is 0.123 e. The number of hydrogen-bond acceptors (Lipinski definition) is 2. The molecular formula is C25H33FN2. The summed E-state index contributed by atoms with van der Waals surface area (Å²) in [6, 6.07) is 16.3. The van der Waals surface area contributed by atoms with Crippen molar-refractivity contribution < 1.29 is 4.39 Å². The second kappa shape index (κ2) is 8.75. The third kappa shape index (κ3) is 4.64. The van der Waals surface area contributed by atoms with Gasteiger partial charge in [-0.3, -0.25) is 0 Å². The summed E-state index contributed by atoms with van der Waals surface area (Å²) in [6.07, 6.45) is 8.40. The van der Waals surface area contributed by atoms with Gasteiger partial charge in [-0.25, -0.2) is 4.39 Å². The maximum atomic E-state index is 13.8. The quantitative estimate of drug-likeness (QED) is 0.734. The molecule has 1 N–H and O–H groups in total. The molecule has 0 amide bonds. The van der Waals surface area contributed by atoms with E-state index in [1.54, 1.807) is 12.1 Å². The molecule has 1 aliphatic carbocycles. The first kappa shape index (κ1) is 19.6. The number of benzene rings is 2. The molecule has 3 heteroatoms. The van der Waals surface area contributed by atoms with Crippen molar-refractivity contribution in [1.29, 1.82) is 0 Å². The molecule has 2 nitrogen and oxygen atoms in total. The molecule has 0 bridgehead atoms. The molecule has 0 aromatic heterocycles. The zero-order chi connectivity index (χ0) is 19.4. The molecule has 1 saturated heterocycles. The van der Waals surface area contributed by atoms with Gasteiger partial charge in [-0.15, -0.1) is 0 Å². The number of halogens is 1. The van der Waals surface area contributed by atoms with Crippen LogP contribution in [-0.4, -0.2) is 25.0 Å². The molecule has 1 saturated carbocycles. The van der Waals surface area contributed by atoms with Gasteiger partial charge in [0.15, 0.2) is 0 Å². The molecule has 28 heavy (non-hydrogen) atoms. The van der Waals surface area contributed by atoms with Crippen LogP contribution in [-0.2, 0) is 18.5 Å². The van der Waals surface area contributed by atoms with E-state index in [-0.39, 0.29) is 11.4 Å². The van der Waals surface area contributed by atoms with Gasteiger partial charge in [0.1, 0.15) is 5.82 Å². The summed E-state index contributed by atoms with van der Waals surface area (Å²) in [5, 5.41) is 3.82. The molecule has 0 spiro atoms. The maximum Gasteiger partial charge on any atom is 0.123 e. The summed E-state index contributed by atoms with van der Waals surface area (Å²) in [5.41, 5.74) is 3.83. The molecule has 0 radical (unpaired) electrons. The van der Waals surface area contributed by atoms with Crippen LogP contribution in [0.25, 0.3) is 0 Å². The van der Waals surface area contributed by atoms with Crippen LogP contribution in [0.15, 0.2) is 48.5 Å². The second-order valence-corrected chi connectivity index (χ2v) is 8.92. The largest absolute Gasteiger partial charge is 0.306 e. The summed E-state index contributed by atoms with van der Waals surface area (Å²) >= 11 is 0. The molecule has 4 rings (SSSR count). The van der Waals surface area contributed by atoms with Crippen LogP contribution in [0.1, 0.15) is 55.2 Å². The van der Waals surface area contributed by atoms with Crippen molar-refractivity contribution in [3.05, 3.63) is 71.0 Å². The van der Waals surface area contributed by atoms with Crippen molar-refractivity contribution in [2.24, 2.45) is 5.92 Å². The Bertz CT molecular complexity index is 774. The van der Waals surface area contributed by atoms with Gasteiger partial charge in [-0.1, -0.05) is 49.2 Å². The van der Waals surface area contributed by atoms with E-state index >= 15 is 0 Å². The lowest BCUT2D eigenvalue weighted by molar-refractivity contribution is 0.219. The van der Waals surface area contributed by atoms with Crippen molar-refractivity contribution in [1.82, 2.24) is 10.2 Å². The lowest BCUT2D eigenvalue weighted by Crippen LogP contribution is -2.39. The predicted molar refractivity (Wildman–Crippen MR) is 114 cm³/mol. The van der Waals surface area contributed by atoms with Gasteiger partial charge in [-0.2, -0.15) is 0 Å². The Morgan fingerprint density at radius 3 is 2.46 bits per heavy atom. The second-order valence-electron chi connectivity index (χ2n) is 8.92. The zero-order valence-electron chi connectivity index (χ0n) is 17.1. The van der Waals surface area contributed by atoms with Crippen LogP contribution < -0.4 is 5.32 Å². The normalized spacial score (nSPS) is 20.5. The van der Waals surface area contributed by atoms with Crippen LogP contribution in [0.3, 0.4) is 0 Å². The summed E-state index contributed by atoms with van der Waals surface area (Å²) < 4.78 is 13.8. The van der Waals surface area contributed by atoms with Gasteiger partial charge in [0.05, 0.1) is 0 Å². The van der Waals surface area contributed by atoms with Gasteiger partial charge < -0.3 is 10.2 Å². The number of hydrogen-bond donors (Lipinski definition) is 1. The zero-order valence-corrected chi connectivity index (χ0v) is 17.1. The molecule has 2 aromatic carbocycles. The average molecular weight is 381 g/mol. The fourth-order valence-corrected chi connectivity index (χ4v) is 5.07. The number of nitrogens with one attached hydrogen (secondary N) is 1. The number of rotatable bonds is 6. The fraction of sp³-hybridized carbons (Fsp3) is 0.520. The lowest BCUT2D eigenvalue weighted by atomic mass is 9.87. The molecule has 2 fully saturated rings. The van der Waals surface area contributed by atoms with Gasteiger partial charge >= 0.3 is 0 Å². The monoisotopic (exact) mass is 380 g/mol. The Morgan fingerprint density at radius 2 is 1.71 bits per heavy atom. The lowest BCUT2D eigenvalue weighted by Gasteiger charge is -2.32. The highest BCUT2D eigenvalue weighted by Gasteiger charge is 2.35. The predicted octanol–water partition coefficient (Wildman–Crippen LogP) is 5.27. The molecule has 150 valence electrons. The Balaban J connectivity index is 1.42. The topological polar surface area (TPSA) is 15.3 Å². The van der Waals surface area contributed by atoms with Crippen molar-refractivity contribution >= 4 is 0 Å². The van der Waals surface area contributed by atoms with E-state index in [9.17, 15) is 4.39 Å². The number of likely N-dealkylation sites (tertiary alicyclic amines) is 1. The maximum absolute atomic E-state index is 13.8. The Labute approximate surface area is 169 Å². The van der Waals surface area contributed by atoms with Gasteiger partial charge in [0, 0.05) is 12.1 Å². The van der Waals surface area contributed by atoms with Crippen molar-refractivity contribution in [2.45, 2.75) is 57.0 Å². The standard InChI is InChI=1S/C25H33FN2/c1-28-14-10-20(11-15-28)16-21-6-4-7-22(17-21)19-27-25(12-2-3-13-25)23-8-5-9-24(26)18-23/h4-9,17-18,20,27H,2-3,10-16,19H2,1H3. The first-order chi connectivity index (χ1) is 13.6. The van der Waals surface area contributed by atoms with Gasteiger partial charge in [0.2, 0.25) is 0 Å². The first-order valence-corrected chi connectivity index (χ1v) is 10.9. The molecule has 1 heterocycles. The van der Waals surface area contributed by atoms with E-state index in [0.29, 0.717) is 0 Å². The number of nitrogens with zero attached hydrogens (tertiary/aromatic N) is 1. The highest BCUT2D eigenvalue weighted by molar-refractivity contribution is 5.28. The number of piperidine rings is 1.